The van der Waals surface area contributed by atoms with Gasteiger partial charge in [-0.1, -0.05) is 18.2 Å². The number of furan rings is 1. The first-order valence-electron chi connectivity index (χ1n) is 5.26. The van der Waals surface area contributed by atoms with Crippen molar-refractivity contribution in [1.82, 2.24) is 0 Å². The van der Waals surface area contributed by atoms with Gasteiger partial charge in [-0.2, -0.15) is 0 Å². The van der Waals surface area contributed by atoms with Crippen molar-refractivity contribution in [3.05, 3.63) is 55.1 Å². The lowest BCUT2D eigenvalue weighted by Crippen LogP contribution is -3.00. The van der Waals surface area contributed by atoms with Crippen LogP contribution in [0.3, 0.4) is 0 Å². The molecule has 2 heterocycles. The van der Waals surface area contributed by atoms with Crippen LogP contribution < -0.4 is 17.0 Å². The van der Waals surface area contributed by atoms with E-state index >= 15 is 0 Å². The van der Waals surface area contributed by atoms with Gasteiger partial charge in [-0.15, -0.1) is 0 Å². The molecular weight excluding hydrogens is 234 g/mol. The second-order valence-corrected chi connectivity index (χ2v) is 3.90. The van der Waals surface area contributed by atoms with Crippen LogP contribution in [0.5, 0.6) is 0 Å². The average Bonchev–Trinajstić information content (AvgIpc) is 2.74. The van der Waals surface area contributed by atoms with E-state index in [1.54, 1.807) is 0 Å². The molecule has 2 nitrogen and oxygen atoms in total. The third-order valence-electron chi connectivity index (χ3n) is 2.77. The van der Waals surface area contributed by atoms with Crippen molar-refractivity contribution in [3.8, 4) is 11.1 Å². The zero-order valence-corrected chi connectivity index (χ0v) is 10.2. The molecule has 2 aromatic heterocycles. The highest BCUT2D eigenvalue weighted by atomic mass is 35.5. The highest BCUT2D eigenvalue weighted by molar-refractivity contribution is 5.93. The molecule has 0 N–H and O–H groups in total. The van der Waals surface area contributed by atoms with Crippen LogP contribution in [0.15, 0.2) is 59.5 Å². The number of pyridine rings is 1. The number of halogens is 1. The lowest BCUT2D eigenvalue weighted by Gasteiger charge is -1.96. The molecule has 0 unspecified atom stereocenters. The van der Waals surface area contributed by atoms with Crippen molar-refractivity contribution in [2.75, 3.05) is 0 Å². The minimum Gasteiger partial charge on any atom is -1.00 e. The predicted octanol–water partition coefficient (Wildman–Crippen LogP) is -0.0717. The summed E-state index contributed by atoms with van der Waals surface area (Å²) >= 11 is 0. The lowest BCUT2D eigenvalue weighted by molar-refractivity contribution is -0.671. The number of benzene rings is 1. The number of para-hydroxylation sites is 1. The van der Waals surface area contributed by atoms with Gasteiger partial charge in [0.25, 0.3) is 0 Å². The zero-order chi connectivity index (χ0) is 11.0. The Bertz CT molecular complexity index is 628. The zero-order valence-electron chi connectivity index (χ0n) is 9.43. The lowest BCUT2D eigenvalue weighted by atomic mass is 10.1. The van der Waals surface area contributed by atoms with Gasteiger partial charge in [0.15, 0.2) is 12.4 Å². The largest absolute Gasteiger partial charge is 1.00 e. The maximum atomic E-state index is 5.53. The van der Waals surface area contributed by atoms with E-state index in [1.165, 1.54) is 5.56 Å². The Morgan fingerprint density at radius 2 is 1.71 bits per heavy atom. The molecule has 0 aliphatic carbocycles. The monoisotopic (exact) mass is 245 g/mol. The predicted molar refractivity (Wildman–Crippen MR) is 62.8 cm³/mol. The molecule has 0 bridgehead atoms. The standard InChI is InChI=1S/C14H12NO.ClH/c1-15-8-6-11(7-9-15)13-10-16-14-5-3-2-4-12(13)14;/h2-10H,1H3;1H/q+1;/p-1. The number of aryl methyl sites for hydroxylation is 1. The number of hydrogen-bond donors (Lipinski definition) is 0. The number of rotatable bonds is 1. The smallest absolute Gasteiger partial charge is 0.169 e. The molecule has 86 valence electrons. The van der Waals surface area contributed by atoms with E-state index in [1.807, 2.05) is 48.5 Å². The molecule has 0 aliphatic rings. The molecule has 0 atom stereocenters. The third-order valence-corrected chi connectivity index (χ3v) is 2.77. The van der Waals surface area contributed by atoms with Crippen LogP contribution in [0.25, 0.3) is 22.1 Å². The van der Waals surface area contributed by atoms with Crippen LogP contribution >= 0.6 is 0 Å². The van der Waals surface area contributed by atoms with Gasteiger partial charge in [0.1, 0.15) is 12.6 Å². The van der Waals surface area contributed by atoms with Gasteiger partial charge in [0.2, 0.25) is 0 Å². The molecule has 0 saturated carbocycles. The molecule has 0 aliphatic heterocycles. The maximum Gasteiger partial charge on any atom is 0.169 e. The molecule has 0 spiro atoms. The maximum absolute atomic E-state index is 5.53. The number of aromatic nitrogens is 1. The summed E-state index contributed by atoms with van der Waals surface area (Å²) in [6.45, 7) is 0. The Hall–Kier alpha value is -1.80. The number of hydrogen-bond acceptors (Lipinski definition) is 1. The van der Waals surface area contributed by atoms with E-state index in [0.717, 1.165) is 16.5 Å². The first kappa shape index (κ1) is 11.7. The van der Waals surface area contributed by atoms with E-state index in [0.29, 0.717) is 0 Å². The van der Waals surface area contributed by atoms with E-state index in [2.05, 4.69) is 18.2 Å². The minimum absolute atomic E-state index is 0. The quantitative estimate of drug-likeness (QED) is 0.549. The summed E-state index contributed by atoms with van der Waals surface area (Å²) in [6, 6.07) is 12.3. The van der Waals surface area contributed by atoms with Gasteiger partial charge in [0.05, 0.1) is 6.26 Å². The molecule has 3 aromatic rings. The van der Waals surface area contributed by atoms with Crippen LogP contribution in [0, 0.1) is 0 Å². The molecular formula is C14H12ClNO. The van der Waals surface area contributed by atoms with Crippen LogP contribution in [0.1, 0.15) is 0 Å². The summed E-state index contributed by atoms with van der Waals surface area (Å²) in [7, 11) is 2.01. The molecule has 0 amide bonds. The van der Waals surface area contributed by atoms with Gasteiger partial charge < -0.3 is 16.8 Å². The van der Waals surface area contributed by atoms with Gasteiger partial charge >= 0.3 is 0 Å². The van der Waals surface area contributed by atoms with Crippen LogP contribution in [-0.2, 0) is 7.05 Å². The van der Waals surface area contributed by atoms with Gasteiger partial charge in [-0.25, -0.2) is 4.57 Å². The van der Waals surface area contributed by atoms with Gasteiger partial charge in [-0.3, -0.25) is 0 Å². The van der Waals surface area contributed by atoms with Crippen LogP contribution in [-0.4, -0.2) is 0 Å². The van der Waals surface area contributed by atoms with E-state index < -0.39 is 0 Å². The molecule has 3 rings (SSSR count). The third kappa shape index (κ3) is 2.04. The summed E-state index contributed by atoms with van der Waals surface area (Å²) in [6.07, 6.45) is 5.90. The second kappa shape index (κ2) is 4.60. The summed E-state index contributed by atoms with van der Waals surface area (Å²) < 4.78 is 7.55. The second-order valence-electron chi connectivity index (χ2n) is 3.90. The Labute approximate surface area is 106 Å². The summed E-state index contributed by atoms with van der Waals surface area (Å²) in [5, 5.41) is 1.16. The van der Waals surface area contributed by atoms with Crippen molar-refractivity contribution < 1.29 is 21.4 Å². The van der Waals surface area contributed by atoms with Crippen molar-refractivity contribution in [2.45, 2.75) is 0 Å². The molecule has 1 aromatic carbocycles. The molecule has 17 heavy (non-hydrogen) atoms. The van der Waals surface area contributed by atoms with Gasteiger partial charge in [-0.05, 0) is 11.6 Å². The Balaban J connectivity index is 0.00000108. The first-order valence-corrected chi connectivity index (χ1v) is 5.26. The summed E-state index contributed by atoms with van der Waals surface area (Å²) in [5.41, 5.74) is 3.27. The Kier molecular flexibility index (Phi) is 3.16. The molecule has 3 heteroatoms. The van der Waals surface area contributed by atoms with Crippen molar-refractivity contribution in [3.63, 3.8) is 0 Å². The summed E-state index contributed by atoms with van der Waals surface area (Å²) in [5.74, 6) is 0. The van der Waals surface area contributed by atoms with Crippen LogP contribution in [0.2, 0.25) is 0 Å². The minimum atomic E-state index is 0. The van der Waals surface area contributed by atoms with Crippen molar-refractivity contribution >= 4 is 11.0 Å². The summed E-state index contributed by atoms with van der Waals surface area (Å²) in [4.78, 5) is 0. The van der Waals surface area contributed by atoms with Crippen molar-refractivity contribution in [1.29, 1.82) is 0 Å². The van der Waals surface area contributed by atoms with Gasteiger partial charge in [0, 0.05) is 23.1 Å². The molecule has 0 fully saturated rings. The Morgan fingerprint density at radius 1 is 1.00 bits per heavy atom. The number of fused-ring (bicyclic) bond motifs is 1. The van der Waals surface area contributed by atoms with Crippen LogP contribution in [0.4, 0.5) is 0 Å². The van der Waals surface area contributed by atoms with Crippen molar-refractivity contribution in [2.24, 2.45) is 7.05 Å². The number of nitrogens with zero attached hydrogens (tertiary/aromatic N) is 1. The normalized spacial score (nSPS) is 10.2. The highest BCUT2D eigenvalue weighted by Gasteiger charge is 2.07. The fourth-order valence-electron chi connectivity index (χ4n) is 1.88. The Morgan fingerprint density at radius 3 is 2.47 bits per heavy atom. The average molecular weight is 246 g/mol. The van der Waals surface area contributed by atoms with E-state index in [9.17, 15) is 0 Å². The SMILES string of the molecule is C[n+]1ccc(-c2coc3ccccc23)cc1.[Cl-]. The fraction of sp³-hybridized carbons (Fsp3) is 0.0714. The van der Waals surface area contributed by atoms with E-state index in [4.69, 9.17) is 4.42 Å². The molecule has 0 saturated heterocycles. The fourth-order valence-corrected chi connectivity index (χ4v) is 1.88. The topological polar surface area (TPSA) is 17.0 Å². The first-order chi connectivity index (χ1) is 7.84. The molecule has 0 radical (unpaired) electrons. The highest BCUT2D eigenvalue weighted by Crippen LogP contribution is 2.29. The van der Waals surface area contributed by atoms with E-state index in [-0.39, 0.29) is 12.4 Å².